The highest BCUT2D eigenvalue weighted by Crippen LogP contribution is 2.31. The van der Waals surface area contributed by atoms with Gasteiger partial charge in [-0.25, -0.2) is 8.42 Å². The smallest absolute Gasteiger partial charge is 0.224 e. The van der Waals surface area contributed by atoms with Crippen LogP contribution in [0.15, 0.2) is 24.5 Å². The Morgan fingerprint density at radius 1 is 1.38 bits per heavy atom. The van der Waals surface area contributed by atoms with Crippen molar-refractivity contribution in [3.05, 3.63) is 30.1 Å². The molecule has 2 rings (SSSR count). The highest BCUT2D eigenvalue weighted by molar-refractivity contribution is 9.10. The van der Waals surface area contributed by atoms with E-state index in [1.54, 1.807) is 16.7 Å². The third kappa shape index (κ3) is 2.81. The van der Waals surface area contributed by atoms with Crippen molar-refractivity contribution in [3.8, 4) is 0 Å². The van der Waals surface area contributed by atoms with E-state index in [1.165, 1.54) is 0 Å². The maximum absolute atomic E-state index is 11.8. The van der Waals surface area contributed by atoms with Gasteiger partial charge in [-0.05, 0) is 30.5 Å². The summed E-state index contributed by atoms with van der Waals surface area (Å²) in [6, 6.07) is 3.88. The highest BCUT2D eigenvalue weighted by atomic mass is 79.9. The van der Waals surface area contributed by atoms with Crippen LogP contribution < -0.4 is 0 Å². The van der Waals surface area contributed by atoms with E-state index in [-0.39, 0.29) is 10.7 Å². The van der Waals surface area contributed by atoms with E-state index in [2.05, 4.69) is 20.9 Å². The lowest BCUT2D eigenvalue weighted by atomic mass is 10.3. The third-order valence-electron chi connectivity index (χ3n) is 2.54. The molecule has 1 aliphatic rings. The molecule has 0 N–H and O–H groups in total. The molecule has 0 amide bonds. The van der Waals surface area contributed by atoms with E-state index >= 15 is 0 Å². The molecule has 1 aromatic rings. The highest BCUT2D eigenvalue weighted by Gasteiger charge is 2.36. The van der Waals surface area contributed by atoms with Gasteiger partial charge in [-0.15, -0.1) is 0 Å². The summed E-state index contributed by atoms with van der Waals surface area (Å²) in [5, 5.41) is 0. The number of pyridine rings is 1. The molecular formula is C10H13BrN2O2S. The topological polar surface area (TPSA) is 50.3 Å². The normalized spacial score (nSPS) is 16.6. The van der Waals surface area contributed by atoms with Crippen molar-refractivity contribution in [2.45, 2.75) is 25.4 Å². The van der Waals surface area contributed by atoms with E-state index in [9.17, 15) is 8.42 Å². The van der Waals surface area contributed by atoms with Gasteiger partial charge in [0.15, 0.2) is 0 Å². The van der Waals surface area contributed by atoms with Crippen LogP contribution in [0.5, 0.6) is 0 Å². The molecule has 0 bridgehead atoms. The molecule has 4 nitrogen and oxygen atoms in total. The van der Waals surface area contributed by atoms with E-state index < -0.39 is 10.0 Å². The van der Waals surface area contributed by atoms with Crippen molar-refractivity contribution < 1.29 is 8.42 Å². The number of hydrogen-bond donors (Lipinski definition) is 0. The standard InChI is InChI=1S/C10H13BrN2O2S/c11-8-16(14,15)13(10-1-2-10)7-9-3-5-12-6-4-9/h3-6,10H,1-2,7-8H2. The predicted molar refractivity (Wildman–Crippen MR) is 65.5 cm³/mol. The van der Waals surface area contributed by atoms with Crippen LogP contribution in [0.2, 0.25) is 0 Å². The monoisotopic (exact) mass is 304 g/mol. The van der Waals surface area contributed by atoms with Crippen LogP contribution in [-0.2, 0) is 16.6 Å². The molecule has 0 atom stereocenters. The van der Waals surface area contributed by atoms with Crippen molar-refractivity contribution in [1.82, 2.24) is 9.29 Å². The van der Waals surface area contributed by atoms with E-state index in [1.807, 2.05) is 12.1 Å². The number of halogens is 1. The molecule has 0 aliphatic heterocycles. The Balaban J connectivity index is 2.16. The summed E-state index contributed by atoms with van der Waals surface area (Å²) in [5.41, 5.74) is 0.978. The summed E-state index contributed by atoms with van der Waals surface area (Å²) >= 11 is 3.04. The number of sulfonamides is 1. The summed E-state index contributed by atoms with van der Waals surface area (Å²) in [6.45, 7) is 0.446. The van der Waals surface area contributed by atoms with Gasteiger partial charge in [-0.3, -0.25) is 4.98 Å². The van der Waals surface area contributed by atoms with Gasteiger partial charge >= 0.3 is 0 Å². The molecule has 1 saturated carbocycles. The molecule has 88 valence electrons. The van der Waals surface area contributed by atoms with Crippen LogP contribution in [0.1, 0.15) is 18.4 Å². The average Bonchev–Trinajstić information content (AvgIpc) is 3.11. The Morgan fingerprint density at radius 2 is 2.00 bits per heavy atom. The Labute approximate surface area is 104 Å². The third-order valence-corrected chi connectivity index (χ3v) is 5.69. The zero-order valence-electron chi connectivity index (χ0n) is 8.71. The zero-order chi connectivity index (χ0) is 11.6. The lowest BCUT2D eigenvalue weighted by molar-refractivity contribution is 0.402. The summed E-state index contributed by atoms with van der Waals surface area (Å²) in [7, 11) is -3.17. The summed E-state index contributed by atoms with van der Waals surface area (Å²) in [4.78, 5) is 3.92. The molecule has 1 aromatic heterocycles. The number of rotatable bonds is 5. The zero-order valence-corrected chi connectivity index (χ0v) is 11.1. The molecule has 1 aliphatic carbocycles. The van der Waals surface area contributed by atoms with Gasteiger partial charge in [0, 0.05) is 25.0 Å². The van der Waals surface area contributed by atoms with Gasteiger partial charge in [0.1, 0.15) is 4.66 Å². The molecule has 1 heterocycles. The van der Waals surface area contributed by atoms with Crippen LogP contribution >= 0.6 is 15.9 Å². The van der Waals surface area contributed by atoms with Gasteiger partial charge in [0.2, 0.25) is 10.0 Å². The second-order valence-electron chi connectivity index (χ2n) is 3.85. The van der Waals surface area contributed by atoms with Crippen LogP contribution in [-0.4, -0.2) is 28.4 Å². The van der Waals surface area contributed by atoms with Crippen molar-refractivity contribution in [1.29, 1.82) is 0 Å². The van der Waals surface area contributed by atoms with Gasteiger partial charge in [-0.2, -0.15) is 4.31 Å². The fourth-order valence-corrected chi connectivity index (χ4v) is 3.47. The Kier molecular flexibility index (Phi) is 3.61. The molecule has 0 spiro atoms. The minimum absolute atomic E-state index is 0.0123. The van der Waals surface area contributed by atoms with E-state index in [0.717, 1.165) is 18.4 Å². The van der Waals surface area contributed by atoms with Crippen molar-refractivity contribution >= 4 is 26.0 Å². The number of hydrogen-bond acceptors (Lipinski definition) is 3. The van der Waals surface area contributed by atoms with Crippen LogP contribution in [0.25, 0.3) is 0 Å². The molecular weight excluding hydrogens is 292 g/mol. The Hall–Kier alpha value is -0.460. The second kappa shape index (κ2) is 4.81. The van der Waals surface area contributed by atoms with Crippen molar-refractivity contribution in [2.75, 3.05) is 4.66 Å². The van der Waals surface area contributed by atoms with E-state index in [4.69, 9.17) is 0 Å². The molecule has 1 fully saturated rings. The lowest BCUT2D eigenvalue weighted by Crippen LogP contribution is -2.33. The van der Waals surface area contributed by atoms with Gasteiger partial charge in [0.25, 0.3) is 0 Å². The fraction of sp³-hybridized carbons (Fsp3) is 0.500. The van der Waals surface area contributed by atoms with Crippen molar-refractivity contribution in [3.63, 3.8) is 0 Å². The number of aromatic nitrogens is 1. The largest absolute Gasteiger partial charge is 0.265 e. The van der Waals surface area contributed by atoms with Gasteiger partial charge < -0.3 is 0 Å². The first-order valence-corrected chi connectivity index (χ1v) is 7.81. The molecule has 16 heavy (non-hydrogen) atoms. The minimum atomic E-state index is -3.17. The van der Waals surface area contributed by atoms with Crippen LogP contribution in [0.4, 0.5) is 0 Å². The summed E-state index contributed by atoms with van der Waals surface area (Å²) in [5.74, 6) is 0. The fourth-order valence-electron chi connectivity index (χ4n) is 1.55. The quantitative estimate of drug-likeness (QED) is 0.779. The maximum Gasteiger partial charge on any atom is 0.224 e. The summed E-state index contributed by atoms with van der Waals surface area (Å²) < 4.78 is 25.3. The molecule has 0 radical (unpaired) electrons. The van der Waals surface area contributed by atoms with E-state index in [0.29, 0.717) is 6.54 Å². The maximum atomic E-state index is 11.8. The number of nitrogens with zero attached hydrogens (tertiary/aromatic N) is 2. The van der Waals surface area contributed by atoms with Crippen LogP contribution in [0.3, 0.4) is 0 Å². The molecule has 0 unspecified atom stereocenters. The Morgan fingerprint density at radius 3 is 2.50 bits per heavy atom. The molecule has 0 saturated heterocycles. The van der Waals surface area contributed by atoms with Crippen molar-refractivity contribution in [2.24, 2.45) is 0 Å². The van der Waals surface area contributed by atoms with Gasteiger partial charge in [0.05, 0.1) is 0 Å². The first kappa shape index (κ1) is 12.0. The molecule has 0 aromatic carbocycles. The lowest BCUT2D eigenvalue weighted by Gasteiger charge is -2.20. The number of alkyl halides is 1. The second-order valence-corrected chi connectivity index (χ2v) is 7.08. The first-order chi connectivity index (χ1) is 7.63. The SMILES string of the molecule is O=S(=O)(CBr)N(Cc1ccncc1)C1CC1. The average molecular weight is 305 g/mol. The summed E-state index contributed by atoms with van der Waals surface area (Å²) in [6.07, 6.45) is 5.30. The minimum Gasteiger partial charge on any atom is -0.265 e. The Bertz CT molecular complexity index is 445. The first-order valence-electron chi connectivity index (χ1n) is 5.08. The van der Waals surface area contributed by atoms with Crippen LogP contribution in [0, 0.1) is 0 Å². The van der Waals surface area contributed by atoms with Gasteiger partial charge in [-0.1, -0.05) is 15.9 Å². The molecule has 6 heteroatoms. The predicted octanol–water partition coefficient (Wildman–Crippen LogP) is 1.73.